The predicted octanol–water partition coefficient (Wildman–Crippen LogP) is 4.46. The molecule has 1 N–H and O–H groups in total. The van der Waals surface area contributed by atoms with Gasteiger partial charge in [-0.15, -0.1) is 0 Å². The molecule has 5 nitrogen and oxygen atoms in total. The van der Waals surface area contributed by atoms with Gasteiger partial charge in [-0.05, 0) is 57.4 Å². The molecular formula is C20H18Br2N2O3. The first-order valence-electron chi connectivity index (χ1n) is 8.09. The van der Waals surface area contributed by atoms with Crippen LogP contribution in [0.15, 0.2) is 57.0 Å². The quantitative estimate of drug-likeness (QED) is 0.335. The van der Waals surface area contributed by atoms with Crippen LogP contribution in [-0.2, 0) is 16.1 Å². The Balaban J connectivity index is 2.04. The molecule has 0 bridgehead atoms. The maximum atomic E-state index is 12.0. The van der Waals surface area contributed by atoms with E-state index in [0.29, 0.717) is 25.5 Å². The highest BCUT2D eigenvalue weighted by molar-refractivity contribution is 9.10. The predicted molar refractivity (Wildman–Crippen MR) is 111 cm³/mol. The second-order valence-electron chi connectivity index (χ2n) is 5.52. The highest BCUT2D eigenvalue weighted by Gasteiger charge is 2.09. The number of nitrogens with one attached hydrogen (secondary N) is 1. The summed E-state index contributed by atoms with van der Waals surface area (Å²) in [5.74, 6) is 0.249. The van der Waals surface area contributed by atoms with E-state index in [-0.39, 0.29) is 5.57 Å². The Bertz CT molecular complexity index is 859. The molecule has 2 aromatic rings. The number of nitrogens with zero attached hydrogens (tertiary/aromatic N) is 1. The van der Waals surface area contributed by atoms with Crippen molar-refractivity contribution in [3.8, 4) is 11.8 Å². The molecular weight excluding hydrogens is 476 g/mol. The SMILES string of the molecule is COCCNC(=O)/C(C#N)=C/c1ccc(OCc2ccc(Br)cc2)c(Br)c1. The van der Waals surface area contributed by atoms with Gasteiger partial charge in [-0.3, -0.25) is 4.79 Å². The molecule has 7 heteroatoms. The molecule has 0 aliphatic carbocycles. The minimum Gasteiger partial charge on any atom is -0.488 e. The van der Waals surface area contributed by atoms with Crippen LogP contribution in [0, 0.1) is 11.3 Å². The number of benzene rings is 2. The van der Waals surface area contributed by atoms with Crippen molar-refractivity contribution in [1.29, 1.82) is 5.26 Å². The van der Waals surface area contributed by atoms with Crippen LogP contribution in [0.1, 0.15) is 11.1 Å². The lowest BCUT2D eigenvalue weighted by atomic mass is 10.1. The van der Waals surface area contributed by atoms with Gasteiger partial charge in [0.1, 0.15) is 24.0 Å². The van der Waals surface area contributed by atoms with Crippen LogP contribution in [0.5, 0.6) is 5.75 Å². The summed E-state index contributed by atoms with van der Waals surface area (Å²) >= 11 is 6.87. The van der Waals surface area contributed by atoms with Crippen molar-refractivity contribution in [2.24, 2.45) is 0 Å². The fourth-order valence-corrected chi connectivity index (χ4v) is 2.92. The number of nitriles is 1. The molecule has 140 valence electrons. The molecule has 0 unspecified atom stereocenters. The zero-order valence-corrected chi connectivity index (χ0v) is 17.8. The smallest absolute Gasteiger partial charge is 0.262 e. The van der Waals surface area contributed by atoms with Crippen molar-refractivity contribution in [3.05, 3.63) is 68.1 Å². The Morgan fingerprint density at radius 2 is 1.96 bits per heavy atom. The first-order valence-corrected chi connectivity index (χ1v) is 9.68. The van der Waals surface area contributed by atoms with Gasteiger partial charge in [0.05, 0.1) is 11.1 Å². The monoisotopic (exact) mass is 492 g/mol. The largest absolute Gasteiger partial charge is 0.488 e. The van der Waals surface area contributed by atoms with Gasteiger partial charge in [-0.2, -0.15) is 5.26 Å². The van der Waals surface area contributed by atoms with Crippen LogP contribution in [0.3, 0.4) is 0 Å². The van der Waals surface area contributed by atoms with Crippen LogP contribution < -0.4 is 10.1 Å². The van der Waals surface area contributed by atoms with Crippen LogP contribution in [0.25, 0.3) is 6.08 Å². The number of methoxy groups -OCH3 is 1. The minimum atomic E-state index is -0.429. The molecule has 0 aliphatic heterocycles. The molecule has 0 fully saturated rings. The zero-order chi connectivity index (χ0) is 19.6. The maximum absolute atomic E-state index is 12.0. The molecule has 0 spiro atoms. The molecule has 0 saturated carbocycles. The standard InChI is InChI=1S/C20H18Br2N2O3/c1-26-9-8-24-20(25)16(12-23)10-15-4-7-19(18(22)11-15)27-13-14-2-5-17(21)6-3-14/h2-7,10-11H,8-9,13H2,1H3,(H,24,25)/b16-10+. The molecule has 0 saturated heterocycles. The van der Waals surface area contributed by atoms with Gasteiger partial charge in [0.2, 0.25) is 0 Å². The summed E-state index contributed by atoms with van der Waals surface area (Å²) in [6.07, 6.45) is 1.53. The topological polar surface area (TPSA) is 71.3 Å². The summed E-state index contributed by atoms with van der Waals surface area (Å²) in [7, 11) is 1.55. The number of ether oxygens (including phenoxy) is 2. The summed E-state index contributed by atoms with van der Waals surface area (Å²) < 4.78 is 12.5. The number of rotatable bonds is 8. The second kappa shape index (κ2) is 10.9. The van der Waals surface area contributed by atoms with Crippen molar-refractivity contribution < 1.29 is 14.3 Å². The molecule has 1 amide bonds. The zero-order valence-electron chi connectivity index (χ0n) is 14.7. The van der Waals surface area contributed by atoms with E-state index in [4.69, 9.17) is 9.47 Å². The Hall–Kier alpha value is -2.14. The number of hydrogen-bond donors (Lipinski definition) is 1. The van der Waals surface area contributed by atoms with Crippen molar-refractivity contribution in [1.82, 2.24) is 5.32 Å². The van der Waals surface area contributed by atoms with E-state index >= 15 is 0 Å². The summed E-state index contributed by atoms with van der Waals surface area (Å²) in [5.41, 5.74) is 1.80. The van der Waals surface area contributed by atoms with Gasteiger partial charge in [-0.1, -0.05) is 34.1 Å². The van der Waals surface area contributed by atoms with Crippen molar-refractivity contribution >= 4 is 43.8 Å². The third kappa shape index (κ3) is 6.83. The number of halogens is 2. The number of carbonyl (C=O) groups excluding carboxylic acids is 1. The summed E-state index contributed by atoms with van der Waals surface area (Å²) in [4.78, 5) is 12.0. The average Bonchev–Trinajstić information content (AvgIpc) is 2.66. The maximum Gasteiger partial charge on any atom is 0.262 e. The minimum absolute atomic E-state index is 0.0292. The van der Waals surface area contributed by atoms with Gasteiger partial charge in [0.25, 0.3) is 5.91 Å². The van der Waals surface area contributed by atoms with E-state index in [2.05, 4.69) is 37.2 Å². The lowest BCUT2D eigenvalue weighted by Crippen LogP contribution is -2.27. The van der Waals surface area contributed by atoms with Crippen molar-refractivity contribution in [2.75, 3.05) is 20.3 Å². The number of amides is 1. The first kappa shape index (κ1) is 21.2. The van der Waals surface area contributed by atoms with E-state index in [1.165, 1.54) is 6.08 Å². The third-order valence-corrected chi connectivity index (χ3v) is 4.68. The number of hydrogen-bond acceptors (Lipinski definition) is 4. The number of carbonyl (C=O) groups is 1. The first-order chi connectivity index (χ1) is 13.0. The second-order valence-corrected chi connectivity index (χ2v) is 7.29. The Morgan fingerprint density at radius 1 is 1.22 bits per heavy atom. The normalized spacial score (nSPS) is 11.0. The summed E-state index contributed by atoms with van der Waals surface area (Å²) in [6.45, 7) is 1.17. The molecule has 2 aromatic carbocycles. The summed E-state index contributed by atoms with van der Waals surface area (Å²) in [5, 5.41) is 11.8. The lowest BCUT2D eigenvalue weighted by molar-refractivity contribution is -0.117. The molecule has 27 heavy (non-hydrogen) atoms. The van der Waals surface area contributed by atoms with Gasteiger partial charge in [0, 0.05) is 18.1 Å². The van der Waals surface area contributed by atoms with Gasteiger partial charge >= 0.3 is 0 Å². The van der Waals surface area contributed by atoms with E-state index in [1.807, 2.05) is 30.3 Å². The lowest BCUT2D eigenvalue weighted by Gasteiger charge is -2.09. The van der Waals surface area contributed by atoms with Crippen LogP contribution in [0.4, 0.5) is 0 Å². The van der Waals surface area contributed by atoms with Crippen LogP contribution >= 0.6 is 31.9 Å². The van der Waals surface area contributed by atoms with Crippen LogP contribution in [-0.4, -0.2) is 26.2 Å². The molecule has 0 heterocycles. The molecule has 0 radical (unpaired) electrons. The molecule has 0 aliphatic rings. The van der Waals surface area contributed by atoms with Gasteiger partial charge < -0.3 is 14.8 Å². The molecule has 0 atom stereocenters. The Labute approximate surface area is 175 Å². The fourth-order valence-electron chi connectivity index (χ4n) is 2.14. The Morgan fingerprint density at radius 3 is 2.59 bits per heavy atom. The highest BCUT2D eigenvalue weighted by atomic mass is 79.9. The average molecular weight is 494 g/mol. The van der Waals surface area contributed by atoms with Gasteiger partial charge in [-0.25, -0.2) is 0 Å². The van der Waals surface area contributed by atoms with E-state index in [0.717, 1.165) is 20.1 Å². The van der Waals surface area contributed by atoms with Crippen molar-refractivity contribution in [3.63, 3.8) is 0 Å². The van der Waals surface area contributed by atoms with E-state index in [1.54, 1.807) is 25.3 Å². The highest BCUT2D eigenvalue weighted by Crippen LogP contribution is 2.28. The van der Waals surface area contributed by atoms with Crippen LogP contribution in [0.2, 0.25) is 0 Å². The van der Waals surface area contributed by atoms with E-state index in [9.17, 15) is 10.1 Å². The molecule has 2 rings (SSSR count). The van der Waals surface area contributed by atoms with Gasteiger partial charge in [0.15, 0.2) is 0 Å². The summed E-state index contributed by atoms with van der Waals surface area (Å²) in [6, 6.07) is 15.2. The fraction of sp³-hybridized carbons (Fsp3) is 0.200. The van der Waals surface area contributed by atoms with Crippen molar-refractivity contribution in [2.45, 2.75) is 6.61 Å². The third-order valence-electron chi connectivity index (χ3n) is 3.53. The molecule has 0 aromatic heterocycles. The van der Waals surface area contributed by atoms with E-state index < -0.39 is 5.91 Å². The Kier molecular flexibility index (Phi) is 8.52.